The molecule has 1 heterocycles. The molecule has 1 aromatic carbocycles. The van der Waals surface area contributed by atoms with E-state index in [9.17, 15) is 4.79 Å². The van der Waals surface area contributed by atoms with Gasteiger partial charge in [-0.3, -0.25) is 9.69 Å². The lowest BCUT2D eigenvalue weighted by atomic mass is 10.0. The number of hydrogen-bond acceptors (Lipinski definition) is 4. The second-order valence-electron chi connectivity index (χ2n) is 5.79. The number of methoxy groups -OCH3 is 1. The molecular weight excluding hydrogens is 278 g/mol. The monoisotopic (exact) mass is 303 g/mol. The number of piperidine rings is 1. The Balaban J connectivity index is 2.27. The number of hydrogen-bond donors (Lipinski definition) is 0. The van der Waals surface area contributed by atoms with Crippen molar-refractivity contribution in [3.05, 3.63) is 29.3 Å². The number of Topliss-reactive ketones (excluding diaryl/α,β-unsaturated/α-hetero) is 1. The summed E-state index contributed by atoms with van der Waals surface area (Å²) < 4.78 is 11.1. The number of ketones is 1. The average molecular weight is 303 g/mol. The minimum Gasteiger partial charge on any atom is -0.493 e. The third-order valence-electron chi connectivity index (χ3n) is 3.75. The van der Waals surface area contributed by atoms with Crippen LogP contribution in [0.3, 0.4) is 0 Å². The van der Waals surface area contributed by atoms with Crippen LogP contribution in [0.15, 0.2) is 23.8 Å². The first-order valence-corrected chi connectivity index (χ1v) is 7.84. The van der Waals surface area contributed by atoms with Crippen molar-refractivity contribution < 1.29 is 14.3 Å². The standard InChI is InChI=1S/C18H25NO3/c1-5-19-9-8-16(20)15(12-19)10-14-6-7-17(21-4)18(11-14)22-13(2)3/h6-7,10-11,13H,5,8-9,12H2,1-4H3/b15-10+. The first kappa shape index (κ1) is 16.6. The fourth-order valence-corrected chi connectivity index (χ4v) is 2.55. The van der Waals surface area contributed by atoms with Crippen molar-refractivity contribution in [2.24, 2.45) is 0 Å². The fourth-order valence-electron chi connectivity index (χ4n) is 2.55. The van der Waals surface area contributed by atoms with Gasteiger partial charge in [-0.05, 0) is 44.2 Å². The molecule has 0 unspecified atom stereocenters. The predicted molar refractivity (Wildman–Crippen MR) is 88.5 cm³/mol. The van der Waals surface area contributed by atoms with Crippen LogP contribution in [0.2, 0.25) is 0 Å². The van der Waals surface area contributed by atoms with Crippen LogP contribution in [-0.2, 0) is 4.79 Å². The SMILES string of the molecule is CCN1CCC(=O)/C(=C/c2ccc(OC)c(OC(C)C)c2)C1. The minimum absolute atomic E-state index is 0.0729. The second kappa shape index (κ2) is 7.45. The predicted octanol–water partition coefficient (Wildman–Crippen LogP) is 3.16. The van der Waals surface area contributed by atoms with Gasteiger partial charge in [0, 0.05) is 25.1 Å². The molecule has 0 N–H and O–H groups in total. The maximum Gasteiger partial charge on any atom is 0.162 e. The van der Waals surface area contributed by atoms with Gasteiger partial charge in [0.2, 0.25) is 0 Å². The zero-order chi connectivity index (χ0) is 16.1. The molecule has 0 amide bonds. The van der Waals surface area contributed by atoms with Crippen molar-refractivity contribution >= 4 is 11.9 Å². The Morgan fingerprint density at radius 2 is 2.09 bits per heavy atom. The molecule has 0 radical (unpaired) electrons. The molecule has 1 aliphatic rings. The number of nitrogens with zero attached hydrogens (tertiary/aromatic N) is 1. The number of rotatable bonds is 5. The third-order valence-corrected chi connectivity index (χ3v) is 3.75. The van der Waals surface area contributed by atoms with Crippen LogP contribution >= 0.6 is 0 Å². The zero-order valence-corrected chi connectivity index (χ0v) is 13.9. The Bertz CT molecular complexity index is 563. The van der Waals surface area contributed by atoms with Gasteiger partial charge in [0.1, 0.15) is 0 Å². The van der Waals surface area contributed by atoms with E-state index in [0.717, 1.165) is 30.8 Å². The van der Waals surface area contributed by atoms with Gasteiger partial charge in [-0.1, -0.05) is 13.0 Å². The molecule has 0 bridgehead atoms. The van der Waals surface area contributed by atoms with Crippen LogP contribution in [0, 0.1) is 0 Å². The minimum atomic E-state index is 0.0729. The lowest BCUT2D eigenvalue weighted by Gasteiger charge is -2.26. The summed E-state index contributed by atoms with van der Waals surface area (Å²) in [6.07, 6.45) is 2.64. The van der Waals surface area contributed by atoms with Crippen molar-refractivity contribution in [1.29, 1.82) is 0 Å². The Labute approximate surface area is 132 Å². The van der Waals surface area contributed by atoms with Crippen molar-refractivity contribution in [1.82, 2.24) is 4.90 Å². The molecule has 0 saturated carbocycles. The van der Waals surface area contributed by atoms with E-state index in [-0.39, 0.29) is 11.9 Å². The van der Waals surface area contributed by atoms with E-state index in [1.807, 2.05) is 38.1 Å². The van der Waals surface area contributed by atoms with Crippen LogP contribution in [0.4, 0.5) is 0 Å². The molecule has 2 rings (SSSR count). The van der Waals surface area contributed by atoms with E-state index in [1.165, 1.54) is 0 Å². The molecule has 4 heteroatoms. The highest BCUT2D eigenvalue weighted by Gasteiger charge is 2.20. The smallest absolute Gasteiger partial charge is 0.162 e. The summed E-state index contributed by atoms with van der Waals surface area (Å²) in [5.41, 5.74) is 1.84. The number of carbonyl (C=O) groups excluding carboxylic acids is 1. The van der Waals surface area contributed by atoms with Gasteiger partial charge in [-0.25, -0.2) is 0 Å². The van der Waals surface area contributed by atoms with Gasteiger partial charge in [0.05, 0.1) is 13.2 Å². The van der Waals surface area contributed by atoms with Crippen LogP contribution in [0.1, 0.15) is 32.8 Å². The lowest BCUT2D eigenvalue weighted by molar-refractivity contribution is -0.117. The van der Waals surface area contributed by atoms with Gasteiger partial charge < -0.3 is 9.47 Å². The van der Waals surface area contributed by atoms with Crippen molar-refractivity contribution in [2.45, 2.75) is 33.3 Å². The van der Waals surface area contributed by atoms with Crippen molar-refractivity contribution in [3.63, 3.8) is 0 Å². The highest BCUT2D eigenvalue weighted by molar-refractivity contribution is 6.00. The summed E-state index contributed by atoms with van der Waals surface area (Å²) in [7, 11) is 1.63. The lowest BCUT2D eigenvalue weighted by Crippen LogP contribution is -2.35. The summed E-state index contributed by atoms with van der Waals surface area (Å²) in [6, 6.07) is 5.77. The largest absolute Gasteiger partial charge is 0.493 e. The molecule has 1 aromatic rings. The molecule has 1 aliphatic heterocycles. The van der Waals surface area contributed by atoms with E-state index in [1.54, 1.807) is 7.11 Å². The number of likely N-dealkylation sites (tertiary alicyclic amines) is 1. The molecular formula is C18H25NO3. The molecule has 1 fully saturated rings. The number of carbonyl (C=O) groups is 1. The first-order chi connectivity index (χ1) is 10.5. The third kappa shape index (κ3) is 4.10. The van der Waals surface area contributed by atoms with Crippen LogP contribution in [0.5, 0.6) is 11.5 Å². The molecule has 0 aliphatic carbocycles. The van der Waals surface area contributed by atoms with Gasteiger partial charge in [0.15, 0.2) is 17.3 Å². The van der Waals surface area contributed by atoms with Gasteiger partial charge in [0.25, 0.3) is 0 Å². The molecule has 0 aromatic heterocycles. The molecule has 1 saturated heterocycles. The van der Waals surface area contributed by atoms with E-state index in [0.29, 0.717) is 17.9 Å². The molecule has 22 heavy (non-hydrogen) atoms. The Morgan fingerprint density at radius 1 is 1.32 bits per heavy atom. The Morgan fingerprint density at radius 3 is 2.73 bits per heavy atom. The van der Waals surface area contributed by atoms with E-state index in [2.05, 4.69) is 11.8 Å². The van der Waals surface area contributed by atoms with E-state index >= 15 is 0 Å². The quantitative estimate of drug-likeness (QED) is 0.783. The van der Waals surface area contributed by atoms with Gasteiger partial charge in [-0.15, -0.1) is 0 Å². The van der Waals surface area contributed by atoms with Gasteiger partial charge in [-0.2, -0.15) is 0 Å². The van der Waals surface area contributed by atoms with Crippen LogP contribution in [-0.4, -0.2) is 43.5 Å². The maximum atomic E-state index is 12.1. The molecule has 120 valence electrons. The summed E-state index contributed by atoms with van der Waals surface area (Å²) in [5.74, 6) is 1.66. The fraction of sp³-hybridized carbons (Fsp3) is 0.500. The molecule has 0 spiro atoms. The number of ether oxygens (including phenoxy) is 2. The topological polar surface area (TPSA) is 38.8 Å². The molecule has 4 nitrogen and oxygen atoms in total. The first-order valence-electron chi connectivity index (χ1n) is 7.84. The molecule has 0 atom stereocenters. The van der Waals surface area contributed by atoms with Crippen molar-refractivity contribution in [2.75, 3.05) is 26.7 Å². The Hall–Kier alpha value is -1.81. The normalized spacial score (nSPS) is 18.0. The highest BCUT2D eigenvalue weighted by atomic mass is 16.5. The summed E-state index contributed by atoms with van der Waals surface area (Å²) in [4.78, 5) is 14.4. The average Bonchev–Trinajstić information content (AvgIpc) is 2.49. The van der Waals surface area contributed by atoms with Crippen LogP contribution < -0.4 is 9.47 Å². The number of benzene rings is 1. The van der Waals surface area contributed by atoms with Crippen molar-refractivity contribution in [3.8, 4) is 11.5 Å². The number of likely N-dealkylation sites (N-methyl/N-ethyl adjacent to an activating group) is 1. The zero-order valence-electron chi connectivity index (χ0n) is 13.9. The summed E-state index contributed by atoms with van der Waals surface area (Å²) in [6.45, 7) is 8.63. The summed E-state index contributed by atoms with van der Waals surface area (Å²) in [5, 5.41) is 0. The maximum absolute atomic E-state index is 12.1. The van der Waals surface area contributed by atoms with Gasteiger partial charge >= 0.3 is 0 Å². The summed E-state index contributed by atoms with van der Waals surface area (Å²) >= 11 is 0. The van der Waals surface area contributed by atoms with E-state index in [4.69, 9.17) is 9.47 Å². The second-order valence-corrected chi connectivity index (χ2v) is 5.79. The van der Waals surface area contributed by atoms with E-state index < -0.39 is 0 Å². The van der Waals surface area contributed by atoms with Crippen LogP contribution in [0.25, 0.3) is 6.08 Å². The Kier molecular flexibility index (Phi) is 5.61. The highest BCUT2D eigenvalue weighted by Crippen LogP contribution is 2.30.